The molecular weight excluding hydrogens is 426 g/mol. The van der Waals surface area contributed by atoms with Crippen LogP contribution in [-0.4, -0.2) is 40.5 Å². The molecule has 4 atom stereocenters. The SMILES string of the molecule is COc1ccc2[nH]cc(CCN3C(=O)C4NNC(c5ccccc5)C4C3c3ccccn3)c2c1. The molecule has 34 heavy (non-hydrogen) atoms. The molecule has 2 saturated heterocycles. The van der Waals surface area contributed by atoms with Crippen LogP contribution in [-0.2, 0) is 11.2 Å². The topological polar surface area (TPSA) is 82.3 Å². The summed E-state index contributed by atoms with van der Waals surface area (Å²) in [5.41, 5.74) is 11.0. The van der Waals surface area contributed by atoms with Crippen molar-refractivity contribution in [3.05, 3.63) is 95.9 Å². The van der Waals surface area contributed by atoms with E-state index in [1.54, 1.807) is 7.11 Å². The average Bonchev–Trinajstić information content (AvgIpc) is 3.57. The highest BCUT2D eigenvalue weighted by atomic mass is 16.5. The van der Waals surface area contributed by atoms with Crippen LogP contribution in [0.25, 0.3) is 10.9 Å². The van der Waals surface area contributed by atoms with E-state index in [0.717, 1.165) is 28.8 Å². The predicted molar refractivity (Wildman–Crippen MR) is 130 cm³/mol. The van der Waals surface area contributed by atoms with Crippen molar-refractivity contribution in [2.45, 2.75) is 24.5 Å². The van der Waals surface area contributed by atoms with Crippen LogP contribution < -0.4 is 15.6 Å². The van der Waals surface area contributed by atoms with E-state index >= 15 is 0 Å². The number of hydrogen-bond acceptors (Lipinski definition) is 5. The summed E-state index contributed by atoms with van der Waals surface area (Å²) in [7, 11) is 1.68. The second kappa shape index (κ2) is 8.59. The van der Waals surface area contributed by atoms with Gasteiger partial charge in [-0.15, -0.1) is 0 Å². The third-order valence-electron chi connectivity index (χ3n) is 7.16. The smallest absolute Gasteiger partial charge is 0.242 e. The standard InChI is InChI=1S/C27H27N5O2/c1-34-19-10-11-21-20(15-19)18(16-29-21)12-14-32-26(22-9-5-6-13-28-22)23-24(17-7-3-2-4-8-17)30-31-25(23)27(32)33/h2-11,13,15-16,23-26,29-31H,12,14H2,1H3. The Bertz CT molecular complexity index is 1310. The molecule has 4 aromatic rings. The number of amides is 1. The van der Waals surface area contributed by atoms with Crippen molar-refractivity contribution >= 4 is 16.8 Å². The van der Waals surface area contributed by atoms with Crippen molar-refractivity contribution in [3.8, 4) is 5.75 Å². The Morgan fingerprint density at radius 2 is 1.82 bits per heavy atom. The van der Waals surface area contributed by atoms with E-state index in [0.29, 0.717) is 6.54 Å². The minimum absolute atomic E-state index is 0.0181. The van der Waals surface area contributed by atoms with Crippen LogP contribution >= 0.6 is 0 Å². The predicted octanol–water partition coefficient (Wildman–Crippen LogP) is 3.53. The van der Waals surface area contributed by atoms with Crippen molar-refractivity contribution in [2.24, 2.45) is 5.92 Å². The Kier molecular flexibility index (Phi) is 5.28. The maximum absolute atomic E-state index is 13.6. The summed E-state index contributed by atoms with van der Waals surface area (Å²) in [5, 5.41) is 1.13. The van der Waals surface area contributed by atoms with Crippen molar-refractivity contribution in [1.29, 1.82) is 0 Å². The monoisotopic (exact) mass is 453 g/mol. The van der Waals surface area contributed by atoms with Gasteiger partial charge in [0.25, 0.3) is 0 Å². The first-order valence-corrected chi connectivity index (χ1v) is 11.7. The van der Waals surface area contributed by atoms with Crippen LogP contribution in [0.1, 0.15) is 28.9 Å². The second-order valence-corrected chi connectivity index (χ2v) is 8.94. The van der Waals surface area contributed by atoms with E-state index in [2.05, 4.69) is 39.0 Å². The molecule has 3 N–H and O–H groups in total. The van der Waals surface area contributed by atoms with Crippen molar-refractivity contribution in [3.63, 3.8) is 0 Å². The summed E-state index contributed by atoms with van der Waals surface area (Å²) in [6, 6.07) is 21.9. The van der Waals surface area contributed by atoms with Gasteiger partial charge >= 0.3 is 0 Å². The van der Waals surface area contributed by atoms with Crippen LogP contribution in [0.4, 0.5) is 0 Å². The summed E-state index contributed by atoms with van der Waals surface area (Å²) in [6.45, 7) is 0.612. The molecule has 7 nitrogen and oxygen atoms in total. The lowest BCUT2D eigenvalue weighted by atomic mass is 9.85. The first-order valence-electron chi connectivity index (χ1n) is 11.7. The zero-order valence-corrected chi connectivity index (χ0v) is 18.9. The van der Waals surface area contributed by atoms with Crippen LogP contribution in [0.2, 0.25) is 0 Å². The molecule has 0 bridgehead atoms. The number of aromatic amines is 1. The van der Waals surface area contributed by atoms with Crippen LogP contribution in [0.15, 0.2) is 79.1 Å². The van der Waals surface area contributed by atoms with E-state index < -0.39 is 0 Å². The van der Waals surface area contributed by atoms with Crippen molar-refractivity contribution in [1.82, 2.24) is 25.7 Å². The number of H-pyrrole nitrogens is 1. The molecule has 4 heterocycles. The van der Waals surface area contributed by atoms with Crippen molar-refractivity contribution in [2.75, 3.05) is 13.7 Å². The number of benzene rings is 2. The number of aromatic nitrogens is 2. The zero-order valence-electron chi connectivity index (χ0n) is 18.9. The lowest BCUT2D eigenvalue weighted by molar-refractivity contribution is -0.130. The number of nitrogens with zero attached hydrogens (tertiary/aromatic N) is 2. The lowest BCUT2D eigenvalue weighted by Crippen LogP contribution is -2.42. The third kappa shape index (κ3) is 3.45. The average molecular weight is 454 g/mol. The fourth-order valence-corrected chi connectivity index (χ4v) is 5.53. The van der Waals surface area contributed by atoms with Gasteiger partial charge in [-0.25, -0.2) is 10.9 Å². The Balaban J connectivity index is 1.33. The summed E-state index contributed by atoms with van der Waals surface area (Å²) < 4.78 is 5.42. The van der Waals surface area contributed by atoms with Gasteiger partial charge in [-0.2, -0.15) is 0 Å². The maximum atomic E-state index is 13.6. The number of ether oxygens (including phenoxy) is 1. The van der Waals surface area contributed by atoms with Gasteiger partial charge in [0.15, 0.2) is 0 Å². The van der Waals surface area contributed by atoms with Gasteiger partial charge in [0, 0.05) is 35.8 Å². The van der Waals surface area contributed by atoms with Crippen LogP contribution in [0, 0.1) is 5.92 Å². The van der Waals surface area contributed by atoms with E-state index in [-0.39, 0.29) is 30.0 Å². The summed E-state index contributed by atoms with van der Waals surface area (Å²) in [5.74, 6) is 0.976. The number of nitrogens with one attached hydrogen (secondary N) is 3. The fourth-order valence-electron chi connectivity index (χ4n) is 5.53. The molecule has 2 aromatic carbocycles. The number of carbonyl (C=O) groups is 1. The molecule has 1 amide bonds. The van der Waals surface area contributed by atoms with Crippen molar-refractivity contribution < 1.29 is 9.53 Å². The van der Waals surface area contributed by atoms with Gasteiger partial charge in [-0.05, 0) is 47.9 Å². The van der Waals surface area contributed by atoms with E-state index in [4.69, 9.17) is 4.74 Å². The highest BCUT2D eigenvalue weighted by Crippen LogP contribution is 2.46. The Morgan fingerprint density at radius 3 is 2.62 bits per heavy atom. The maximum Gasteiger partial charge on any atom is 0.242 e. The molecule has 0 radical (unpaired) electrons. The molecule has 2 aliphatic rings. The first kappa shape index (κ1) is 20.9. The number of pyridine rings is 1. The number of carbonyl (C=O) groups excluding carboxylic acids is 1. The van der Waals surface area contributed by atoms with E-state index in [9.17, 15) is 4.79 Å². The minimum Gasteiger partial charge on any atom is -0.497 e. The van der Waals surface area contributed by atoms with Gasteiger partial charge in [0.2, 0.25) is 5.91 Å². The molecule has 7 heteroatoms. The summed E-state index contributed by atoms with van der Waals surface area (Å²) >= 11 is 0. The fraction of sp³-hybridized carbons (Fsp3) is 0.259. The summed E-state index contributed by atoms with van der Waals surface area (Å²) in [6.07, 6.45) is 4.59. The quantitative estimate of drug-likeness (QED) is 0.416. The molecule has 0 saturated carbocycles. The van der Waals surface area contributed by atoms with E-state index in [1.165, 1.54) is 11.1 Å². The molecule has 0 spiro atoms. The largest absolute Gasteiger partial charge is 0.497 e. The highest BCUT2D eigenvalue weighted by Gasteiger charge is 2.55. The number of hydrogen-bond donors (Lipinski definition) is 3. The Morgan fingerprint density at radius 1 is 1.00 bits per heavy atom. The molecular formula is C27H27N5O2. The number of fused-ring (bicyclic) bond motifs is 2. The Labute approximate surface area is 198 Å². The highest BCUT2D eigenvalue weighted by molar-refractivity contribution is 5.87. The molecule has 0 aliphatic carbocycles. The number of rotatable bonds is 6. The Hall–Kier alpha value is -3.68. The number of methoxy groups -OCH3 is 1. The number of hydrazine groups is 1. The molecule has 2 aliphatic heterocycles. The van der Waals surface area contributed by atoms with Crippen LogP contribution in [0.5, 0.6) is 5.75 Å². The van der Waals surface area contributed by atoms with Gasteiger partial charge in [0.05, 0.1) is 24.9 Å². The summed E-state index contributed by atoms with van der Waals surface area (Å²) in [4.78, 5) is 23.7. The molecule has 172 valence electrons. The van der Waals surface area contributed by atoms with Gasteiger partial charge in [-0.1, -0.05) is 36.4 Å². The minimum atomic E-state index is -0.291. The molecule has 2 aromatic heterocycles. The van der Waals surface area contributed by atoms with Gasteiger partial charge < -0.3 is 14.6 Å². The molecule has 4 unspecified atom stereocenters. The van der Waals surface area contributed by atoms with Gasteiger partial charge in [0.1, 0.15) is 11.8 Å². The third-order valence-corrected chi connectivity index (χ3v) is 7.16. The first-order chi connectivity index (χ1) is 16.7. The normalized spacial score (nSPS) is 24.0. The molecule has 2 fully saturated rings. The van der Waals surface area contributed by atoms with Crippen LogP contribution in [0.3, 0.4) is 0 Å². The lowest BCUT2D eigenvalue weighted by Gasteiger charge is -2.30. The number of likely N-dealkylation sites (tertiary alicyclic amines) is 1. The molecule has 6 rings (SSSR count). The van der Waals surface area contributed by atoms with E-state index in [1.807, 2.05) is 65.8 Å². The zero-order chi connectivity index (χ0) is 23.1. The van der Waals surface area contributed by atoms with Gasteiger partial charge in [-0.3, -0.25) is 9.78 Å². The second-order valence-electron chi connectivity index (χ2n) is 8.94.